The number of anilines is 1. The van der Waals surface area contributed by atoms with Crippen LogP contribution in [0, 0.1) is 0 Å². The van der Waals surface area contributed by atoms with Gasteiger partial charge in [0, 0.05) is 10.6 Å². The van der Waals surface area contributed by atoms with E-state index in [1.807, 2.05) is 30.3 Å². The first-order chi connectivity index (χ1) is 17.0. The zero-order valence-corrected chi connectivity index (χ0v) is 19.7. The number of ketones is 1. The second-order valence-corrected chi connectivity index (χ2v) is 9.49. The maximum absolute atomic E-state index is 13.3. The van der Waals surface area contributed by atoms with Gasteiger partial charge in [0.05, 0.1) is 21.8 Å². The van der Waals surface area contributed by atoms with Crippen molar-refractivity contribution in [3.8, 4) is 11.5 Å². The van der Waals surface area contributed by atoms with Crippen LogP contribution in [0.25, 0.3) is 16.0 Å². The summed E-state index contributed by atoms with van der Waals surface area (Å²) in [5.41, 5.74) is 1.66. The number of fused-ring (bicyclic) bond motifs is 2. The van der Waals surface area contributed by atoms with Crippen molar-refractivity contribution in [1.82, 2.24) is 4.98 Å². The summed E-state index contributed by atoms with van der Waals surface area (Å²) >= 11 is 7.39. The Balaban J connectivity index is 1.53. The van der Waals surface area contributed by atoms with Crippen LogP contribution in [-0.4, -0.2) is 35.0 Å². The summed E-state index contributed by atoms with van der Waals surface area (Å²) < 4.78 is 12.0. The molecule has 1 fully saturated rings. The van der Waals surface area contributed by atoms with E-state index >= 15 is 0 Å². The summed E-state index contributed by atoms with van der Waals surface area (Å²) in [5, 5.41) is 12.2. The Morgan fingerprint density at radius 1 is 1.00 bits per heavy atom. The van der Waals surface area contributed by atoms with Crippen LogP contribution in [0.3, 0.4) is 0 Å². The number of aliphatic hydroxyl groups excluding tert-OH is 1. The number of ether oxygens (including phenoxy) is 2. The molecule has 1 aromatic heterocycles. The summed E-state index contributed by atoms with van der Waals surface area (Å²) in [4.78, 5) is 32.6. The highest BCUT2D eigenvalue weighted by Gasteiger charge is 2.48. The monoisotopic (exact) mass is 504 g/mol. The number of carbonyl (C=O) groups is 2. The van der Waals surface area contributed by atoms with E-state index < -0.39 is 17.7 Å². The number of halogens is 1. The van der Waals surface area contributed by atoms with Crippen LogP contribution in [0.15, 0.2) is 72.3 Å². The third-order valence-electron chi connectivity index (χ3n) is 5.92. The SMILES string of the molecule is O=C1C(=O)N(c2nc3ccc(Cl)cc3s2)C(c2ccccc2)C1=C(O)c1ccc2c(c1)OCCO2. The molecule has 0 aliphatic carbocycles. The molecule has 6 rings (SSSR count). The molecule has 2 aliphatic heterocycles. The highest BCUT2D eigenvalue weighted by Crippen LogP contribution is 2.45. The molecule has 7 nitrogen and oxygen atoms in total. The second-order valence-electron chi connectivity index (χ2n) is 8.05. The lowest BCUT2D eigenvalue weighted by molar-refractivity contribution is -0.132. The van der Waals surface area contributed by atoms with Crippen molar-refractivity contribution in [1.29, 1.82) is 0 Å². The van der Waals surface area contributed by atoms with Crippen molar-refractivity contribution in [2.75, 3.05) is 18.1 Å². The molecular formula is C26H17ClN2O5S. The molecule has 4 aromatic rings. The number of nitrogens with zero attached hydrogens (tertiary/aromatic N) is 2. The molecule has 35 heavy (non-hydrogen) atoms. The Bertz CT molecular complexity index is 1530. The maximum Gasteiger partial charge on any atom is 0.301 e. The largest absolute Gasteiger partial charge is 0.507 e. The topological polar surface area (TPSA) is 89.0 Å². The number of hydrogen-bond acceptors (Lipinski definition) is 7. The number of benzene rings is 3. The fourth-order valence-corrected chi connectivity index (χ4v) is 5.58. The summed E-state index contributed by atoms with van der Waals surface area (Å²) in [6.07, 6.45) is 0. The normalized spacial score (nSPS) is 18.9. The molecule has 1 N–H and O–H groups in total. The molecule has 1 atom stereocenters. The van der Waals surface area contributed by atoms with E-state index in [1.54, 1.807) is 36.4 Å². The first-order valence-electron chi connectivity index (χ1n) is 10.8. The number of rotatable bonds is 3. The molecule has 174 valence electrons. The van der Waals surface area contributed by atoms with Crippen LogP contribution in [0.4, 0.5) is 5.13 Å². The van der Waals surface area contributed by atoms with Gasteiger partial charge in [0.15, 0.2) is 16.6 Å². The number of aromatic nitrogens is 1. The number of aliphatic hydroxyl groups is 1. The van der Waals surface area contributed by atoms with Crippen molar-refractivity contribution in [2.24, 2.45) is 0 Å². The molecule has 3 heterocycles. The smallest absolute Gasteiger partial charge is 0.301 e. The van der Waals surface area contributed by atoms with Crippen LogP contribution in [0.2, 0.25) is 5.02 Å². The minimum absolute atomic E-state index is 0.0184. The van der Waals surface area contributed by atoms with E-state index in [9.17, 15) is 14.7 Å². The third kappa shape index (κ3) is 3.62. The predicted molar refractivity (Wildman–Crippen MR) is 133 cm³/mol. The molecule has 1 saturated heterocycles. The Morgan fingerprint density at radius 2 is 1.77 bits per heavy atom. The Labute approximate surface area is 208 Å². The summed E-state index contributed by atoms with van der Waals surface area (Å²) in [6.45, 7) is 0.818. The quantitative estimate of drug-likeness (QED) is 0.230. The van der Waals surface area contributed by atoms with Crippen molar-refractivity contribution in [2.45, 2.75) is 6.04 Å². The zero-order chi connectivity index (χ0) is 24.1. The van der Waals surface area contributed by atoms with E-state index in [4.69, 9.17) is 21.1 Å². The average molecular weight is 505 g/mol. The summed E-state index contributed by atoms with van der Waals surface area (Å²) in [7, 11) is 0. The van der Waals surface area contributed by atoms with E-state index in [2.05, 4.69) is 4.98 Å². The van der Waals surface area contributed by atoms with Gasteiger partial charge >= 0.3 is 5.91 Å². The van der Waals surface area contributed by atoms with Gasteiger partial charge < -0.3 is 14.6 Å². The van der Waals surface area contributed by atoms with Gasteiger partial charge in [-0.2, -0.15) is 0 Å². The molecule has 1 amide bonds. The van der Waals surface area contributed by atoms with Crippen molar-refractivity contribution in [3.05, 3.63) is 88.5 Å². The van der Waals surface area contributed by atoms with E-state index in [1.165, 1.54) is 16.2 Å². The Kier molecular flexibility index (Phi) is 5.20. The fourth-order valence-electron chi connectivity index (χ4n) is 4.32. The lowest BCUT2D eigenvalue weighted by atomic mass is 9.95. The molecule has 9 heteroatoms. The lowest BCUT2D eigenvalue weighted by Gasteiger charge is -2.23. The summed E-state index contributed by atoms with van der Waals surface area (Å²) in [6, 6.07) is 18.4. The van der Waals surface area contributed by atoms with Crippen LogP contribution in [0.1, 0.15) is 17.2 Å². The molecule has 3 aromatic carbocycles. The maximum atomic E-state index is 13.3. The second kappa shape index (κ2) is 8.41. The third-order valence-corrected chi connectivity index (χ3v) is 7.17. The number of Topliss-reactive ketones (excluding diaryl/α,β-unsaturated/α-hetero) is 1. The van der Waals surface area contributed by atoms with Crippen molar-refractivity contribution >= 4 is 55.7 Å². The minimum atomic E-state index is -0.861. The van der Waals surface area contributed by atoms with Crippen LogP contribution in [-0.2, 0) is 9.59 Å². The van der Waals surface area contributed by atoms with Gasteiger partial charge in [-0.1, -0.05) is 53.3 Å². The number of hydrogen-bond donors (Lipinski definition) is 1. The molecule has 0 spiro atoms. The zero-order valence-electron chi connectivity index (χ0n) is 18.1. The Hall–Kier alpha value is -3.88. The lowest BCUT2D eigenvalue weighted by Crippen LogP contribution is -2.29. The van der Waals surface area contributed by atoms with Gasteiger partial charge in [-0.15, -0.1) is 0 Å². The van der Waals surface area contributed by atoms with Gasteiger partial charge in [0.25, 0.3) is 5.78 Å². The average Bonchev–Trinajstić information content (AvgIpc) is 3.41. The van der Waals surface area contributed by atoms with E-state index in [0.717, 1.165) is 4.70 Å². The molecular weight excluding hydrogens is 488 g/mol. The van der Waals surface area contributed by atoms with E-state index in [-0.39, 0.29) is 11.3 Å². The number of amides is 1. The van der Waals surface area contributed by atoms with Gasteiger partial charge in [-0.05, 0) is 42.0 Å². The van der Waals surface area contributed by atoms with Crippen LogP contribution < -0.4 is 14.4 Å². The number of carbonyl (C=O) groups excluding carboxylic acids is 2. The highest BCUT2D eigenvalue weighted by molar-refractivity contribution is 7.22. The molecule has 0 radical (unpaired) electrons. The standard InChI is InChI=1S/C26H17ClN2O5S/c27-16-7-8-17-20(13-16)35-26(28-17)29-22(14-4-2-1-3-5-14)21(24(31)25(29)32)23(30)15-6-9-18-19(12-15)34-11-10-33-18/h1-9,12-13,22,30H,10-11H2. The first kappa shape index (κ1) is 21.6. The van der Waals surface area contributed by atoms with Gasteiger partial charge in [-0.25, -0.2) is 4.98 Å². The fraction of sp³-hybridized carbons (Fsp3) is 0.115. The van der Waals surface area contributed by atoms with Gasteiger partial charge in [0.2, 0.25) is 0 Å². The van der Waals surface area contributed by atoms with Crippen LogP contribution >= 0.6 is 22.9 Å². The Morgan fingerprint density at radius 3 is 2.57 bits per heavy atom. The highest BCUT2D eigenvalue weighted by atomic mass is 35.5. The molecule has 0 saturated carbocycles. The van der Waals surface area contributed by atoms with Crippen molar-refractivity contribution in [3.63, 3.8) is 0 Å². The number of thiazole rings is 1. The molecule has 2 aliphatic rings. The predicted octanol–water partition coefficient (Wildman–Crippen LogP) is 5.35. The minimum Gasteiger partial charge on any atom is -0.507 e. The van der Waals surface area contributed by atoms with Gasteiger partial charge in [0.1, 0.15) is 19.0 Å². The molecule has 1 unspecified atom stereocenters. The van der Waals surface area contributed by atoms with Crippen molar-refractivity contribution < 1.29 is 24.2 Å². The van der Waals surface area contributed by atoms with Crippen LogP contribution in [0.5, 0.6) is 11.5 Å². The summed E-state index contributed by atoms with van der Waals surface area (Å²) in [5.74, 6) is -0.817. The van der Waals surface area contributed by atoms with Gasteiger partial charge in [-0.3, -0.25) is 14.5 Å². The first-order valence-corrected chi connectivity index (χ1v) is 12.0. The van der Waals surface area contributed by atoms with E-state index in [0.29, 0.717) is 51.5 Å². The molecule has 0 bridgehead atoms.